The van der Waals surface area contributed by atoms with E-state index in [-0.39, 0.29) is 108 Å². The van der Waals surface area contributed by atoms with Gasteiger partial charge in [0.05, 0.1) is 12.1 Å². The zero-order valence-corrected chi connectivity index (χ0v) is 46.1. The fraction of sp³-hybridized carbons (Fsp3) is 0.633. The van der Waals surface area contributed by atoms with Crippen LogP contribution < -0.4 is 42.5 Å². The molecule has 4 unspecified atom stereocenters. The van der Waals surface area contributed by atoms with Gasteiger partial charge in [-0.3, -0.25) is 38.4 Å². The van der Waals surface area contributed by atoms with E-state index in [1.807, 2.05) is 24.3 Å². The number of amides is 8. The van der Waals surface area contributed by atoms with Crippen molar-refractivity contribution in [1.29, 1.82) is 0 Å². The first-order chi connectivity index (χ1) is 37.7. The Bertz CT molecular complexity index is 2330. The highest BCUT2D eigenvalue weighted by Crippen LogP contribution is 2.39. The van der Waals surface area contributed by atoms with Crippen LogP contribution in [-0.4, -0.2) is 145 Å². The number of fused-ring (bicyclic) bond motifs is 2. The number of carbonyl (C=O) groups excluding carboxylic acids is 8. The Labute approximate surface area is 460 Å². The van der Waals surface area contributed by atoms with Crippen molar-refractivity contribution in [3.8, 4) is 0 Å². The minimum Gasteiger partial charge on any atom is -0.351 e. The number of nitrogens with one attached hydrogen (secondary N) is 8. The van der Waals surface area contributed by atoms with E-state index >= 15 is 0 Å². The minimum atomic E-state index is -0.881. The van der Waals surface area contributed by atoms with E-state index in [4.69, 9.17) is 0 Å². The van der Waals surface area contributed by atoms with E-state index < -0.39 is 60.1 Å². The molecule has 14 atom stereocenters. The van der Waals surface area contributed by atoms with Crippen LogP contribution >= 0.6 is 0 Å². The molecule has 18 heteroatoms. The summed E-state index contributed by atoms with van der Waals surface area (Å²) in [5.41, 5.74) is 0.546. The normalized spacial score (nSPS) is 30.1. The summed E-state index contributed by atoms with van der Waals surface area (Å²) in [6.07, 6.45) is 29.6. The van der Waals surface area contributed by atoms with Gasteiger partial charge in [-0.1, -0.05) is 87.1 Å². The van der Waals surface area contributed by atoms with Crippen LogP contribution in [0, 0.1) is 35.5 Å². The highest BCUT2D eigenvalue weighted by Gasteiger charge is 2.48. The van der Waals surface area contributed by atoms with Crippen molar-refractivity contribution >= 4 is 47.3 Å². The van der Waals surface area contributed by atoms with E-state index in [0.717, 1.165) is 89.9 Å². The summed E-state index contributed by atoms with van der Waals surface area (Å²) < 4.78 is 0. The maximum Gasteiger partial charge on any atom is 0.251 e. The topological polar surface area (TPSA) is 239 Å². The molecule has 0 spiro atoms. The standard InChI is InChI=1S/C60H84N10O8/c1-35(61-3)53(71)67-51(39-17-7-5-8-18-39)59(77)69-33-43(31-49(69)57(75)65-47-29-27-37-15-11-13-21-45(37)47)63-55(73)41-23-25-42(26-24-41)56(74)64-44-32-50(58(76)66-48-30-28-38-16-12-14-22-46(38)48)70(34-44)60(78)52(40-19-9-6-10-20-40)68-54(72)36(2)62-4/h11-16,21-26,35-40,43-52,61-62H,5-10,17-20,27-34H2,1-4H3,(H,63,73)(H,64,74)(H,65,75)(H,66,76)(H,67,71)(H,68,72)/t35-,36-,37?,38?,43-,44-,45?,46?,47-,48-,49-,50-,51-,52-/m0/s1. The van der Waals surface area contributed by atoms with Crippen LogP contribution in [0.15, 0.2) is 72.9 Å². The molecular weight excluding hydrogens is 989 g/mol. The Morgan fingerprint density at radius 1 is 0.474 bits per heavy atom. The molecule has 18 nitrogen and oxygen atoms in total. The maximum atomic E-state index is 14.9. The second kappa shape index (κ2) is 25.8. The molecule has 4 saturated carbocycles. The summed E-state index contributed by atoms with van der Waals surface area (Å²) in [6, 6.07) is 0.365. The van der Waals surface area contributed by atoms with E-state index in [0.29, 0.717) is 11.8 Å². The molecule has 2 heterocycles. The number of hydrogen-bond acceptors (Lipinski definition) is 10. The third-order valence-electron chi connectivity index (χ3n) is 18.7. The molecule has 6 aliphatic carbocycles. The third-order valence-corrected chi connectivity index (χ3v) is 18.7. The molecule has 1 aromatic carbocycles. The van der Waals surface area contributed by atoms with Crippen LogP contribution in [0.4, 0.5) is 0 Å². The fourth-order valence-electron chi connectivity index (χ4n) is 13.9. The lowest BCUT2D eigenvalue weighted by Crippen LogP contribution is -2.58. The first kappa shape index (κ1) is 56.6. The zero-order chi connectivity index (χ0) is 55.0. The maximum absolute atomic E-state index is 14.9. The number of hydrogen-bond donors (Lipinski definition) is 8. The summed E-state index contributed by atoms with van der Waals surface area (Å²) in [6.45, 7) is 3.62. The molecule has 0 bridgehead atoms. The van der Waals surface area contributed by atoms with Crippen molar-refractivity contribution < 1.29 is 38.4 Å². The molecule has 8 amide bonds. The van der Waals surface area contributed by atoms with Crippen molar-refractivity contribution in [2.75, 3.05) is 27.2 Å². The van der Waals surface area contributed by atoms with Crippen molar-refractivity contribution in [1.82, 2.24) is 52.3 Å². The van der Waals surface area contributed by atoms with Gasteiger partial charge < -0.3 is 52.3 Å². The first-order valence-corrected chi connectivity index (χ1v) is 29.3. The van der Waals surface area contributed by atoms with E-state index in [9.17, 15) is 38.4 Å². The van der Waals surface area contributed by atoms with Crippen LogP contribution in [0.2, 0.25) is 0 Å². The molecular formula is C60H84N10O8. The molecule has 6 fully saturated rings. The van der Waals surface area contributed by atoms with Gasteiger partial charge in [0, 0.05) is 60.2 Å². The Morgan fingerprint density at radius 2 is 0.846 bits per heavy atom. The monoisotopic (exact) mass is 1070 g/mol. The third kappa shape index (κ3) is 13.0. The summed E-state index contributed by atoms with van der Waals surface area (Å²) in [5.74, 6) is -1.88. The van der Waals surface area contributed by atoms with E-state index in [1.165, 1.54) is 0 Å². The molecule has 9 rings (SSSR count). The number of likely N-dealkylation sites (N-methyl/N-ethyl adjacent to an activating group) is 2. The van der Waals surface area contributed by atoms with Crippen molar-refractivity contribution in [3.63, 3.8) is 0 Å². The molecule has 0 aromatic heterocycles. The average Bonchev–Trinajstić information content (AvgIpc) is 4.31. The Kier molecular flexibility index (Phi) is 18.7. The molecule has 422 valence electrons. The van der Waals surface area contributed by atoms with Gasteiger partial charge in [0.1, 0.15) is 24.2 Å². The van der Waals surface area contributed by atoms with Crippen LogP contribution in [0.3, 0.4) is 0 Å². The van der Waals surface area contributed by atoms with Crippen LogP contribution in [0.5, 0.6) is 0 Å². The lowest BCUT2D eigenvalue weighted by molar-refractivity contribution is -0.143. The summed E-state index contributed by atoms with van der Waals surface area (Å²) in [4.78, 5) is 117. The van der Waals surface area contributed by atoms with Gasteiger partial charge in [-0.25, -0.2) is 0 Å². The lowest BCUT2D eigenvalue weighted by Gasteiger charge is -2.35. The quantitative estimate of drug-likeness (QED) is 0.106. The van der Waals surface area contributed by atoms with Crippen molar-refractivity contribution in [2.24, 2.45) is 35.5 Å². The van der Waals surface area contributed by atoms with Gasteiger partial charge in [0.15, 0.2) is 0 Å². The number of likely N-dealkylation sites (tertiary alicyclic amines) is 2. The minimum absolute atomic E-state index is 0.0715. The predicted molar refractivity (Wildman–Crippen MR) is 296 cm³/mol. The van der Waals surface area contributed by atoms with Crippen LogP contribution in [-0.2, 0) is 28.8 Å². The number of benzene rings is 1. The summed E-state index contributed by atoms with van der Waals surface area (Å²) >= 11 is 0. The number of rotatable bonds is 18. The van der Waals surface area contributed by atoms with Crippen LogP contribution in [0.25, 0.3) is 0 Å². The van der Waals surface area contributed by atoms with Crippen LogP contribution in [0.1, 0.15) is 137 Å². The van der Waals surface area contributed by atoms with Gasteiger partial charge in [0.25, 0.3) is 11.8 Å². The second-order valence-corrected chi connectivity index (χ2v) is 23.6. The molecule has 2 aliphatic heterocycles. The van der Waals surface area contributed by atoms with Gasteiger partial charge in [-0.05, 0) is 140 Å². The number of carbonyl (C=O) groups is 8. The highest BCUT2D eigenvalue weighted by molar-refractivity contribution is 5.99. The van der Waals surface area contributed by atoms with E-state index in [2.05, 4.69) is 66.8 Å². The lowest BCUT2D eigenvalue weighted by atomic mass is 9.83. The molecule has 1 aromatic rings. The van der Waals surface area contributed by atoms with Gasteiger partial charge in [-0.2, -0.15) is 0 Å². The summed E-state index contributed by atoms with van der Waals surface area (Å²) in [7, 11) is 3.38. The molecule has 8 N–H and O–H groups in total. The number of nitrogens with zero attached hydrogens (tertiary/aromatic N) is 2. The van der Waals surface area contributed by atoms with E-state index in [1.54, 1.807) is 62.0 Å². The summed E-state index contributed by atoms with van der Waals surface area (Å²) in [5, 5.41) is 24.8. The van der Waals surface area contributed by atoms with Gasteiger partial charge in [-0.15, -0.1) is 0 Å². The largest absolute Gasteiger partial charge is 0.351 e. The Hall–Kier alpha value is -6.14. The van der Waals surface area contributed by atoms with Crippen molar-refractivity contribution in [2.45, 2.75) is 177 Å². The molecule has 8 aliphatic rings. The van der Waals surface area contributed by atoms with Crippen molar-refractivity contribution in [3.05, 3.63) is 84.0 Å². The molecule has 78 heavy (non-hydrogen) atoms. The molecule has 0 radical (unpaired) electrons. The Morgan fingerprint density at radius 3 is 1.22 bits per heavy atom. The number of allylic oxidation sites excluding steroid dienone is 6. The fourth-order valence-corrected chi connectivity index (χ4v) is 13.9. The zero-order valence-electron chi connectivity index (χ0n) is 46.1. The SMILES string of the molecule is CN[C@@H](C)C(=O)N[C@H](C(=O)N1C[C@@H](NC(=O)c2ccc(C(=O)N[C@H]3C[C@@H](C(=O)N[C@H]4CCC5C=CC=CC54)N(C(=O)[C@@H](NC(=O)[C@H](C)NC)C4CCCCC4)C3)cc2)C[C@H]1C(=O)N[C@H]1CCC2C=CC=CC21)C1CCCCC1. The second-order valence-electron chi connectivity index (χ2n) is 23.6. The Balaban J connectivity index is 0.881. The van der Waals surface area contributed by atoms with Gasteiger partial charge >= 0.3 is 0 Å². The first-order valence-electron chi connectivity index (χ1n) is 29.3. The smallest absolute Gasteiger partial charge is 0.251 e. The predicted octanol–water partition coefficient (Wildman–Crippen LogP) is 3.71. The van der Waals surface area contributed by atoms with Gasteiger partial charge in [0.2, 0.25) is 35.4 Å². The highest BCUT2D eigenvalue weighted by atomic mass is 16.2. The molecule has 2 saturated heterocycles. The average molecular weight is 1070 g/mol.